The summed E-state index contributed by atoms with van der Waals surface area (Å²) in [6, 6.07) is -5.44. The third-order valence-electron chi connectivity index (χ3n) is 4.48. The van der Waals surface area contributed by atoms with Crippen LogP contribution in [0.4, 0.5) is 0 Å². The highest BCUT2D eigenvalue weighted by molar-refractivity contribution is 5.94. The Morgan fingerprint density at radius 3 is 1.94 bits per heavy atom. The van der Waals surface area contributed by atoms with Crippen molar-refractivity contribution >= 4 is 29.6 Å². The first-order valence-corrected chi connectivity index (χ1v) is 10.1. The van der Waals surface area contributed by atoms with Gasteiger partial charge in [-0.15, -0.1) is 0 Å². The van der Waals surface area contributed by atoms with Gasteiger partial charge in [-0.05, 0) is 39.2 Å². The van der Waals surface area contributed by atoms with E-state index in [1.54, 1.807) is 0 Å². The summed E-state index contributed by atoms with van der Waals surface area (Å²) in [5, 5.41) is 34.9. The molecule has 0 heterocycles. The molecule has 184 valence electrons. The van der Waals surface area contributed by atoms with E-state index in [-0.39, 0.29) is 19.3 Å². The first-order valence-electron chi connectivity index (χ1n) is 10.1. The molecular formula is C18H34N6O8. The van der Waals surface area contributed by atoms with Crippen molar-refractivity contribution in [2.75, 3.05) is 13.2 Å². The summed E-state index contributed by atoms with van der Waals surface area (Å²) in [5.74, 6) is -4.73. The van der Waals surface area contributed by atoms with Crippen LogP contribution in [0.1, 0.15) is 39.0 Å². The van der Waals surface area contributed by atoms with Crippen LogP contribution in [0, 0.1) is 0 Å². The van der Waals surface area contributed by atoms with Crippen molar-refractivity contribution in [1.29, 1.82) is 0 Å². The lowest BCUT2D eigenvalue weighted by Crippen LogP contribution is -2.59. The van der Waals surface area contributed by atoms with E-state index in [1.165, 1.54) is 6.92 Å². The lowest BCUT2D eigenvalue weighted by atomic mass is 10.1. The summed E-state index contributed by atoms with van der Waals surface area (Å²) < 4.78 is 0. The van der Waals surface area contributed by atoms with Crippen molar-refractivity contribution in [1.82, 2.24) is 16.0 Å². The first-order chi connectivity index (χ1) is 14.9. The Labute approximate surface area is 185 Å². The molecule has 0 rings (SSSR count). The SMILES string of the molecule is CC(O)C(NC(=O)C(CCCCN)NC(=O)C(CO)NC(=O)C(N)CCC(N)=O)C(=O)O. The van der Waals surface area contributed by atoms with Gasteiger partial charge in [-0.25, -0.2) is 4.79 Å². The number of carbonyl (C=O) groups is 5. The smallest absolute Gasteiger partial charge is 0.328 e. The zero-order valence-corrected chi connectivity index (χ0v) is 18.0. The number of primary amides is 1. The standard InChI is InChI=1S/C18H34N6O8/c1-9(26)14(18(31)32)24-16(29)11(4-2-3-7-19)22-17(30)12(8-25)23-15(28)10(20)5-6-13(21)27/h9-12,14,25-26H,2-8,19-20H2,1H3,(H2,21,27)(H,22,30)(H,23,28)(H,24,29)(H,31,32). The molecule has 0 aromatic rings. The molecule has 0 aliphatic heterocycles. The minimum absolute atomic E-state index is 0.0685. The second-order valence-electron chi connectivity index (χ2n) is 7.27. The maximum absolute atomic E-state index is 12.5. The molecule has 0 aromatic heterocycles. The normalized spacial score (nSPS) is 15.5. The van der Waals surface area contributed by atoms with Crippen molar-refractivity contribution in [3.8, 4) is 0 Å². The van der Waals surface area contributed by atoms with Gasteiger partial charge in [0.1, 0.15) is 12.1 Å². The highest BCUT2D eigenvalue weighted by Gasteiger charge is 2.31. The van der Waals surface area contributed by atoms with Gasteiger partial charge in [-0.2, -0.15) is 0 Å². The monoisotopic (exact) mass is 462 g/mol. The summed E-state index contributed by atoms with van der Waals surface area (Å²) in [5.41, 5.74) is 16.0. The molecule has 5 atom stereocenters. The van der Waals surface area contributed by atoms with Crippen LogP contribution in [0.2, 0.25) is 0 Å². The van der Waals surface area contributed by atoms with Gasteiger partial charge in [0.2, 0.25) is 23.6 Å². The van der Waals surface area contributed by atoms with E-state index in [0.29, 0.717) is 19.4 Å². The maximum Gasteiger partial charge on any atom is 0.328 e. The summed E-state index contributed by atoms with van der Waals surface area (Å²) in [7, 11) is 0. The molecule has 0 saturated carbocycles. The van der Waals surface area contributed by atoms with Crippen LogP contribution in [-0.2, 0) is 24.0 Å². The number of nitrogens with two attached hydrogens (primary N) is 3. The van der Waals surface area contributed by atoms with E-state index in [0.717, 1.165) is 0 Å². The topological polar surface area (TPSA) is 260 Å². The molecule has 0 aromatic carbocycles. The molecule has 12 N–H and O–H groups in total. The average Bonchev–Trinajstić information content (AvgIpc) is 2.72. The summed E-state index contributed by atoms with van der Waals surface area (Å²) >= 11 is 0. The third-order valence-corrected chi connectivity index (χ3v) is 4.48. The fourth-order valence-electron chi connectivity index (χ4n) is 2.58. The van der Waals surface area contributed by atoms with E-state index < -0.39 is 66.5 Å². The van der Waals surface area contributed by atoms with Crippen molar-refractivity contribution in [3.05, 3.63) is 0 Å². The number of amides is 4. The van der Waals surface area contributed by atoms with E-state index in [1.807, 2.05) is 0 Å². The highest BCUT2D eigenvalue weighted by Crippen LogP contribution is 2.04. The Balaban J connectivity index is 5.22. The minimum atomic E-state index is -1.60. The molecule has 0 aliphatic carbocycles. The zero-order chi connectivity index (χ0) is 24.8. The van der Waals surface area contributed by atoms with E-state index in [4.69, 9.17) is 22.3 Å². The van der Waals surface area contributed by atoms with Crippen molar-refractivity contribution < 1.29 is 39.3 Å². The molecule has 5 unspecified atom stereocenters. The Bertz CT molecular complexity index is 659. The number of aliphatic hydroxyl groups excluding tert-OH is 2. The number of hydrogen-bond donors (Lipinski definition) is 9. The number of carboxylic acids is 1. The molecule has 0 fully saturated rings. The number of hydrogen-bond acceptors (Lipinski definition) is 9. The molecule has 0 radical (unpaired) electrons. The summed E-state index contributed by atoms with van der Waals surface area (Å²) in [6.45, 7) is 0.689. The lowest BCUT2D eigenvalue weighted by Gasteiger charge is -2.25. The second-order valence-corrected chi connectivity index (χ2v) is 7.27. The van der Waals surface area contributed by atoms with Gasteiger partial charge in [0.15, 0.2) is 6.04 Å². The van der Waals surface area contributed by atoms with Crippen LogP contribution in [0.3, 0.4) is 0 Å². The van der Waals surface area contributed by atoms with Gasteiger partial charge in [0, 0.05) is 6.42 Å². The van der Waals surface area contributed by atoms with Crippen LogP contribution < -0.4 is 33.2 Å². The number of aliphatic hydroxyl groups is 2. The molecule has 14 nitrogen and oxygen atoms in total. The van der Waals surface area contributed by atoms with Crippen molar-refractivity contribution in [2.45, 2.75) is 69.3 Å². The van der Waals surface area contributed by atoms with Gasteiger partial charge >= 0.3 is 5.97 Å². The largest absolute Gasteiger partial charge is 0.480 e. The van der Waals surface area contributed by atoms with Crippen LogP contribution in [0.15, 0.2) is 0 Å². The Morgan fingerprint density at radius 1 is 0.906 bits per heavy atom. The molecular weight excluding hydrogens is 428 g/mol. The van der Waals surface area contributed by atoms with Crippen LogP contribution in [0.5, 0.6) is 0 Å². The molecule has 0 spiro atoms. The summed E-state index contributed by atoms with van der Waals surface area (Å²) in [6.07, 6.45) is -0.597. The predicted molar refractivity (Wildman–Crippen MR) is 112 cm³/mol. The van der Waals surface area contributed by atoms with E-state index in [2.05, 4.69) is 16.0 Å². The van der Waals surface area contributed by atoms with Crippen molar-refractivity contribution in [3.63, 3.8) is 0 Å². The Morgan fingerprint density at radius 2 is 1.47 bits per heavy atom. The third kappa shape index (κ3) is 11.0. The number of carboxylic acid groups (broad SMARTS) is 1. The van der Waals surface area contributed by atoms with Crippen molar-refractivity contribution in [2.24, 2.45) is 17.2 Å². The fourth-order valence-corrected chi connectivity index (χ4v) is 2.58. The number of unbranched alkanes of at least 4 members (excludes halogenated alkanes) is 1. The molecule has 14 heteroatoms. The Hall–Kier alpha value is -2.81. The quantitative estimate of drug-likeness (QED) is 0.0994. The number of rotatable bonds is 16. The molecule has 0 saturated heterocycles. The second kappa shape index (κ2) is 15.1. The number of aliphatic carboxylic acids is 1. The number of carbonyl (C=O) groups excluding carboxylic acids is 4. The first kappa shape index (κ1) is 29.2. The Kier molecular flexibility index (Phi) is 13.7. The molecule has 0 bridgehead atoms. The van der Waals surface area contributed by atoms with Gasteiger partial charge in [-0.1, -0.05) is 0 Å². The number of nitrogens with one attached hydrogen (secondary N) is 3. The van der Waals surface area contributed by atoms with E-state index >= 15 is 0 Å². The predicted octanol–water partition coefficient (Wildman–Crippen LogP) is -4.38. The van der Waals surface area contributed by atoms with Gasteiger partial charge < -0.3 is 48.5 Å². The molecule has 0 aliphatic rings. The lowest BCUT2D eigenvalue weighted by molar-refractivity contribution is -0.145. The highest BCUT2D eigenvalue weighted by atomic mass is 16.4. The average molecular weight is 463 g/mol. The van der Waals surface area contributed by atoms with Crippen LogP contribution >= 0.6 is 0 Å². The van der Waals surface area contributed by atoms with E-state index in [9.17, 15) is 34.2 Å². The van der Waals surface area contributed by atoms with Gasteiger partial charge in [-0.3, -0.25) is 19.2 Å². The van der Waals surface area contributed by atoms with Crippen LogP contribution in [-0.4, -0.2) is 88.3 Å². The molecule has 32 heavy (non-hydrogen) atoms. The maximum atomic E-state index is 12.5. The minimum Gasteiger partial charge on any atom is -0.480 e. The van der Waals surface area contributed by atoms with Crippen LogP contribution in [0.25, 0.3) is 0 Å². The zero-order valence-electron chi connectivity index (χ0n) is 18.0. The van der Waals surface area contributed by atoms with Gasteiger partial charge in [0.05, 0.1) is 18.8 Å². The summed E-state index contributed by atoms with van der Waals surface area (Å²) in [4.78, 5) is 59.2. The molecule has 4 amide bonds. The van der Waals surface area contributed by atoms with Gasteiger partial charge in [0.25, 0.3) is 0 Å². The fraction of sp³-hybridized carbons (Fsp3) is 0.722.